The average Bonchev–Trinajstić information content (AvgIpc) is 2.34. The van der Waals surface area contributed by atoms with Gasteiger partial charge in [-0.3, -0.25) is 0 Å². The number of rotatable bonds is 6. The van der Waals surface area contributed by atoms with Crippen LogP contribution in [-0.2, 0) is 9.47 Å². The summed E-state index contributed by atoms with van der Waals surface area (Å²) in [4.78, 5) is 11.7. The predicted molar refractivity (Wildman–Crippen MR) is 62.8 cm³/mol. The number of benzene rings is 1. The van der Waals surface area contributed by atoms with Crippen LogP contribution in [0.5, 0.6) is 0 Å². The fraction of sp³-hybridized carbons (Fsp3) is 0.417. The van der Waals surface area contributed by atoms with E-state index in [9.17, 15) is 4.79 Å². The second-order valence-corrected chi connectivity index (χ2v) is 3.28. The van der Waals surface area contributed by atoms with Crippen LogP contribution in [0.1, 0.15) is 16.8 Å². The van der Waals surface area contributed by atoms with E-state index >= 15 is 0 Å². The summed E-state index contributed by atoms with van der Waals surface area (Å²) in [6.45, 7) is 0.978. The van der Waals surface area contributed by atoms with Crippen LogP contribution >= 0.6 is 0 Å². The van der Waals surface area contributed by atoms with Gasteiger partial charge in [-0.05, 0) is 12.1 Å². The molecule has 88 valence electrons. The molecule has 4 heteroatoms. The number of methoxy groups -OCH3 is 1. The van der Waals surface area contributed by atoms with E-state index in [1.54, 1.807) is 20.2 Å². The second kappa shape index (κ2) is 6.85. The lowest BCUT2D eigenvalue weighted by atomic mass is 10.2. The fourth-order valence-corrected chi connectivity index (χ4v) is 1.33. The molecule has 4 nitrogen and oxygen atoms in total. The van der Waals surface area contributed by atoms with E-state index in [4.69, 9.17) is 9.47 Å². The van der Waals surface area contributed by atoms with E-state index < -0.39 is 0 Å². The summed E-state index contributed by atoms with van der Waals surface area (Å²) in [6, 6.07) is 7.26. The van der Waals surface area contributed by atoms with Crippen LogP contribution in [0.3, 0.4) is 0 Å². The van der Waals surface area contributed by atoms with Crippen molar-refractivity contribution in [2.45, 2.75) is 6.42 Å². The molecule has 1 aromatic rings. The molecule has 0 fully saturated rings. The van der Waals surface area contributed by atoms with Gasteiger partial charge in [-0.15, -0.1) is 0 Å². The number of anilines is 1. The molecule has 1 aromatic carbocycles. The Bertz CT molecular complexity index is 339. The van der Waals surface area contributed by atoms with Gasteiger partial charge in [0.05, 0.1) is 12.2 Å². The molecule has 1 rings (SSSR count). The minimum atomic E-state index is -0.305. The van der Waals surface area contributed by atoms with Gasteiger partial charge in [0.15, 0.2) is 0 Å². The summed E-state index contributed by atoms with van der Waals surface area (Å²) >= 11 is 0. The Morgan fingerprint density at radius 1 is 1.31 bits per heavy atom. The first kappa shape index (κ1) is 12.5. The Hall–Kier alpha value is -1.55. The van der Waals surface area contributed by atoms with Crippen molar-refractivity contribution >= 4 is 11.7 Å². The minimum Gasteiger partial charge on any atom is -0.462 e. The maximum atomic E-state index is 11.7. The molecule has 0 aliphatic carbocycles. The molecule has 0 bridgehead atoms. The zero-order valence-corrected chi connectivity index (χ0v) is 9.66. The largest absolute Gasteiger partial charge is 0.462 e. The highest BCUT2D eigenvalue weighted by Gasteiger charge is 2.10. The first-order valence-corrected chi connectivity index (χ1v) is 5.22. The highest BCUT2D eigenvalue weighted by atomic mass is 16.5. The van der Waals surface area contributed by atoms with Crippen LogP contribution < -0.4 is 5.32 Å². The summed E-state index contributed by atoms with van der Waals surface area (Å²) < 4.78 is 9.98. The van der Waals surface area contributed by atoms with Gasteiger partial charge in [0.25, 0.3) is 0 Å². The molecular formula is C12H17NO3. The summed E-state index contributed by atoms with van der Waals surface area (Å²) in [5.74, 6) is -0.305. The third kappa shape index (κ3) is 3.55. The van der Waals surface area contributed by atoms with Crippen molar-refractivity contribution in [1.29, 1.82) is 0 Å². The molecule has 16 heavy (non-hydrogen) atoms. The maximum absolute atomic E-state index is 11.7. The molecule has 0 spiro atoms. The average molecular weight is 223 g/mol. The lowest BCUT2D eigenvalue weighted by molar-refractivity contribution is 0.0469. The van der Waals surface area contributed by atoms with E-state index in [1.807, 2.05) is 18.2 Å². The number of ether oxygens (including phenoxy) is 2. The van der Waals surface area contributed by atoms with Crippen molar-refractivity contribution in [3.05, 3.63) is 29.8 Å². The number of hydrogen-bond donors (Lipinski definition) is 1. The monoisotopic (exact) mass is 223 g/mol. The maximum Gasteiger partial charge on any atom is 0.340 e. The Morgan fingerprint density at radius 3 is 2.75 bits per heavy atom. The molecular weight excluding hydrogens is 206 g/mol. The number of nitrogens with one attached hydrogen (secondary N) is 1. The Morgan fingerprint density at radius 2 is 2.06 bits per heavy atom. The van der Waals surface area contributed by atoms with Crippen LogP contribution in [0.2, 0.25) is 0 Å². The third-order valence-electron chi connectivity index (χ3n) is 2.14. The Kier molecular flexibility index (Phi) is 5.36. The van der Waals surface area contributed by atoms with E-state index in [2.05, 4.69) is 5.32 Å². The van der Waals surface area contributed by atoms with Gasteiger partial charge < -0.3 is 14.8 Å². The van der Waals surface area contributed by atoms with Crippen molar-refractivity contribution in [2.24, 2.45) is 0 Å². The Balaban J connectivity index is 2.52. The molecule has 0 atom stereocenters. The van der Waals surface area contributed by atoms with Crippen molar-refractivity contribution in [2.75, 3.05) is 32.7 Å². The van der Waals surface area contributed by atoms with Gasteiger partial charge >= 0.3 is 5.97 Å². The molecule has 0 saturated heterocycles. The smallest absolute Gasteiger partial charge is 0.340 e. The number of carbonyl (C=O) groups is 1. The first-order chi connectivity index (χ1) is 7.79. The zero-order chi connectivity index (χ0) is 11.8. The summed E-state index contributed by atoms with van der Waals surface area (Å²) in [5, 5.41) is 2.95. The van der Waals surface area contributed by atoms with E-state index in [-0.39, 0.29) is 5.97 Å². The predicted octanol–water partition coefficient (Wildman–Crippen LogP) is 1.92. The fourth-order valence-electron chi connectivity index (χ4n) is 1.33. The molecule has 0 amide bonds. The first-order valence-electron chi connectivity index (χ1n) is 5.22. The normalized spacial score (nSPS) is 9.88. The van der Waals surface area contributed by atoms with Gasteiger partial charge in [-0.2, -0.15) is 0 Å². The highest BCUT2D eigenvalue weighted by molar-refractivity contribution is 5.95. The van der Waals surface area contributed by atoms with Gasteiger partial charge in [-0.25, -0.2) is 4.79 Å². The van der Waals surface area contributed by atoms with Crippen molar-refractivity contribution in [3.8, 4) is 0 Å². The molecule has 0 aliphatic rings. The van der Waals surface area contributed by atoms with Crippen LogP contribution in [0.15, 0.2) is 24.3 Å². The molecule has 0 radical (unpaired) electrons. The summed E-state index contributed by atoms with van der Waals surface area (Å²) in [7, 11) is 3.40. The van der Waals surface area contributed by atoms with Gasteiger partial charge in [-0.1, -0.05) is 12.1 Å². The van der Waals surface area contributed by atoms with Crippen LogP contribution in [-0.4, -0.2) is 33.3 Å². The summed E-state index contributed by atoms with van der Waals surface area (Å²) in [5.41, 5.74) is 1.33. The van der Waals surface area contributed by atoms with Crippen LogP contribution in [0, 0.1) is 0 Å². The third-order valence-corrected chi connectivity index (χ3v) is 2.14. The lowest BCUT2D eigenvalue weighted by Crippen LogP contribution is -2.10. The van der Waals surface area contributed by atoms with Crippen molar-refractivity contribution in [1.82, 2.24) is 0 Å². The standard InChI is InChI=1S/C12H17NO3/c1-13-11-7-4-3-6-10(11)12(14)16-9-5-8-15-2/h3-4,6-7,13H,5,8-9H2,1-2H3. The molecule has 0 aliphatic heterocycles. The van der Waals surface area contributed by atoms with Gasteiger partial charge in [0, 0.05) is 32.9 Å². The highest BCUT2D eigenvalue weighted by Crippen LogP contribution is 2.15. The number of para-hydroxylation sites is 1. The topological polar surface area (TPSA) is 47.6 Å². The number of hydrogen-bond acceptors (Lipinski definition) is 4. The molecule has 0 aromatic heterocycles. The van der Waals surface area contributed by atoms with E-state index in [0.717, 1.165) is 5.69 Å². The molecule has 0 unspecified atom stereocenters. The second-order valence-electron chi connectivity index (χ2n) is 3.28. The molecule has 1 N–H and O–H groups in total. The minimum absolute atomic E-state index is 0.305. The zero-order valence-electron chi connectivity index (χ0n) is 9.66. The van der Waals surface area contributed by atoms with Crippen LogP contribution in [0.4, 0.5) is 5.69 Å². The molecule has 0 saturated carbocycles. The Labute approximate surface area is 95.6 Å². The number of esters is 1. The van der Waals surface area contributed by atoms with E-state index in [1.165, 1.54) is 0 Å². The van der Waals surface area contributed by atoms with E-state index in [0.29, 0.717) is 25.2 Å². The number of carbonyl (C=O) groups excluding carboxylic acids is 1. The summed E-state index contributed by atoms with van der Waals surface area (Å²) in [6.07, 6.45) is 0.712. The quantitative estimate of drug-likeness (QED) is 0.591. The van der Waals surface area contributed by atoms with Gasteiger partial charge in [0.2, 0.25) is 0 Å². The van der Waals surface area contributed by atoms with Crippen molar-refractivity contribution in [3.63, 3.8) is 0 Å². The van der Waals surface area contributed by atoms with Crippen molar-refractivity contribution < 1.29 is 14.3 Å². The van der Waals surface area contributed by atoms with Crippen LogP contribution in [0.25, 0.3) is 0 Å². The SMILES string of the molecule is CNc1ccccc1C(=O)OCCCOC. The van der Waals surface area contributed by atoms with Gasteiger partial charge in [0.1, 0.15) is 0 Å². The molecule has 0 heterocycles. The lowest BCUT2D eigenvalue weighted by Gasteiger charge is -2.08.